The van der Waals surface area contributed by atoms with E-state index in [0.29, 0.717) is 22.2 Å². The van der Waals surface area contributed by atoms with Gasteiger partial charge in [0, 0.05) is 10.7 Å². The molecule has 10 heteroatoms. The van der Waals surface area contributed by atoms with E-state index < -0.39 is 15.9 Å². The van der Waals surface area contributed by atoms with E-state index in [2.05, 4.69) is 10.0 Å². The van der Waals surface area contributed by atoms with Gasteiger partial charge in [-0.05, 0) is 60.7 Å². The summed E-state index contributed by atoms with van der Waals surface area (Å²) in [5.41, 5.74) is 0.508. The van der Waals surface area contributed by atoms with Gasteiger partial charge in [0.25, 0.3) is 15.9 Å². The van der Waals surface area contributed by atoms with Gasteiger partial charge in [0.1, 0.15) is 11.5 Å². The smallest absolute Gasteiger partial charge is 0.261 e. The lowest BCUT2D eigenvalue weighted by molar-refractivity contribution is 0.102. The quantitative estimate of drug-likeness (QED) is 0.492. The van der Waals surface area contributed by atoms with Crippen LogP contribution in [0.3, 0.4) is 0 Å². The van der Waals surface area contributed by atoms with Gasteiger partial charge in [-0.15, -0.1) is 0 Å². The fraction of sp³-hybridized carbons (Fsp3) is 0.0952. The topological polar surface area (TPSA) is 93.7 Å². The number of hydrogen-bond donors (Lipinski definition) is 2. The van der Waals surface area contributed by atoms with Crippen LogP contribution >= 0.6 is 23.2 Å². The molecule has 0 saturated carbocycles. The van der Waals surface area contributed by atoms with E-state index in [4.69, 9.17) is 32.7 Å². The molecule has 0 aliphatic carbocycles. The van der Waals surface area contributed by atoms with Gasteiger partial charge < -0.3 is 14.8 Å². The molecule has 3 aromatic carbocycles. The van der Waals surface area contributed by atoms with Crippen molar-refractivity contribution in [2.75, 3.05) is 24.3 Å². The molecule has 162 valence electrons. The Balaban J connectivity index is 1.89. The predicted molar refractivity (Wildman–Crippen MR) is 121 cm³/mol. The molecule has 0 bridgehead atoms. The molecular weight excluding hydrogens is 463 g/mol. The number of nitrogens with one attached hydrogen (secondary N) is 2. The lowest BCUT2D eigenvalue weighted by Crippen LogP contribution is -2.18. The Morgan fingerprint density at radius 3 is 2.23 bits per heavy atom. The normalized spacial score (nSPS) is 11.0. The first-order valence-corrected chi connectivity index (χ1v) is 11.1. The highest BCUT2D eigenvalue weighted by atomic mass is 35.5. The van der Waals surface area contributed by atoms with E-state index in [1.54, 1.807) is 12.1 Å². The number of hydrogen-bond acceptors (Lipinski definition) is 5. The minimum Gasteiger partial charge on any atom is -0.497 e. The van der Waals surface area contributed by atoms with Crippen LogP contribution in [0.2, 0.25) is 10.0 Å². The van der Waals surface area contributed by atoms with E-state index in [0.717, 1.165) is 0 Å². The van der Waals surface area contributed by atoms with Crippen LogP contribution in [0.1, 0.15) is 10.4 Å². The summed E-state index contributed by atoms with van der Waals surface area (Å²) in [6, 6.07) is 14.8. The number of benzene rings is 3. The van der Waals surface area contributed by atoms with Gasteiger partial charge in [0.05, 0.1) is 35.4 Å². The largest absolute Gasteiger partial charge is 0.497 e. The third-order valence-electron chi connectivity index (χ3n) is 4.25. The highest BCUT2D eigenvalue weighted by Gasteiger charge is 2.20. The number of ether oxygens (including phenoxy) is 2. The summed E-state index contributed by atoms with van der Waals surface area (Å²) in [5.74, 6) is 0.398. The minimum atomic E-state index is -3.96. The van der Waals surface area contributed by atoms with Crippen LogP contribution in [0.4, 0.5) is 11.4 Å². The standard InChI is InChI=1S/C21H18Cl2N2O5S/c1-29-15-5-7-16(8-6-15)31(27,28)25-19-9-3-13(22)11-17(19)21(26)24-14-4-10-20(30-2)18(23)12-14/h3-12,25H,1-2H3,(H,24,26). The molecule has 7 nitrogen and oxygen atoms in total. The second kappa shape index (κ2) is 9.47. The molecule has 3 rings (SSSR count). The average Bonchev–Trinajstić information content (AvgIpc) is 2.75. The lowest BCUT2D eigenvalue weighted by Gasteiger charge is -2.14. The van der Waals surface area contributed by atoms with E-state index in [1.165, 1.54) is 62.8 Å². The van der Waals surface area contributed by atoms with Crippen molar-refractivity contribution in [1.29, 1.82) is 0 Å². The Morgan fingerprint density at radius 1 is 0.903 bits per heavy atom. The SMILES string of the molecule is COc1ccc(S(=O)(=O)Nc2ccc(Cl)cc2C(=O)Nc2ccc(OC)c(Cl)c2)cc1. The van der Waals surface area contributed by atoms with Crippen molar-refractivity contribution in [2.45, 2.75) is 4.90 Å². The van der Waals surface area contributed by atoms with Crippen LogP contribution in [-0.2, 0) is 10.0 Å². The predicted octanol–water partition coefficient (Wildman–Crippen LogP) is 5.06. The van der Waals surface area contributed by atoms with Crippen LogP contribution in [0.25, 0.3) is 0 Å². The summed E-state index contributed by atoms with van der Waals surface area (Å²) in [6.45, 7) is 0. The summed E-state index contributed by atoms with van der Waals surface area (Å²) in [6.07, 6.45) is 0. The van der Waals surface area contributed by atoms with E-state index >= 15 is 0 Å². The van der Waals surface area contributed by atoms with Crippen LogP contribution in [0.5, 0.6) is 11.5 Å². The van der Waals surface area contributed by atoms with Crippen molar-refractivity contribution >= 4 is 50.5 Å². The molecule has 1 amide bonds. The number of anilines is 2. The zero-order chi connectivity index (χ0) is 22.6. The Morgan fingerprint density at radius 2 is 1.61 bits per heavy atom. The second-order valence-corrected chi connectivity index (χ2v) is 8.80. The maximum absolute atomic E-state index is 12.9. The van der Waals surface area contributed by atoms with Crippen LogP contribution in [0.15, 0.2) is 65.6 Å². The Labute approximate surface area is 189 Å². The number of carbonyl (C=O) groups excluding carboxylic acids is 1. The molecule has 3 aromatic rings. The molecule has 0 heterocycles. The van der Waals surface area contributed by atoms with Crippen LogP contribution in [0, 0.1) is 0 Å². The van der Waals surface area contributed by atoms with Crippen molar-refractivity contribution in [3.63, 3.8) is 0 Å². The van der Waals surface area contributed by atoms with Gasteiger partial charge in [-0.2, -0.15) is 0 Å². The summed E-state index contributed by atoms with van der Waals surface area (Å²) in [7, 11) is -1.00. The van der Waals surface area contributed by atoms with E-state index in [1.807, 2.05) is 0 Å². The molecule has 0 saturated heterocycles. The Kier molecular flexibility index (Phi) is 6.94. The zero-order valence-corrected chi connectivity index (χ0v) is 18.8. The summed E-state index contributed by atoms with van der Waals surface area (Å²) in [5, 5.41) is 3.25. The van der Waals surface area contributed by atoms with Crippen LogP contribution in [-0.4, -0.2) is 28.5 Å². The number of amides is 1. The number of halogens is 2. The molecule has 0 fully saturated rings. The van der Waals surface area contributed by atoms with E-state index in [-0.39, 0.29) is 21.2 Å². The molecule has 0 aliphatic rings. The van der Waals surface area contributed by atoms with Gasteiger partial charge in [-0.3, -0.25) is 9.52 Å². The first-order chi connectivity index (χ1) is 14.7. The third-order valence-corrected chi connectivity index (χ3v) is 6.16. The zero-order valence-electron chi connectivity index (χ0n) is 16.5. The van der Waals surface area contributed by atoms with E-state index in [9.17, 15) is 13.2 Å². The highest BCUT2D eigenvalue weighted by molar-refractivity contribution is 7.92. The molecule has 0 spiro atoms. The maximum atomic E-state index is 12.9. The lowest BCUT2D eigenvalue weighted by atomic mass is 10.1. The van der Waals surface area contributed by atoms with Gasteiger partial charge in [0.2, 0.25) is 0 Å². The second-order valence-electron chi connectivity index (χ2n) is 6.27. The molecule has 0 atom stereocenters. The van der Waals surface area contributed by atoms with Gasteiger partial charge in [-0.25, -0.2) is 8.42 Å². The maximum Gasteiger partial charge on any atom is 0.261 e. The fourth-order valence-electron chi connectivity index (χ4n) is 2.69. The van der Waals surface area contributed by atoms with Crippen LogP contribution < -0.4 is 19.5 Å². The number of carbonyl (C=O) groups is 1. The molecule has 31 heavy (non-hydrogen) atoms. The van der Waals surface area contributed by atoms with Crippen molar-refractivity contribution in [1.82, 2.24) is 0 Å². The summed E-state index contributed by atoms with van der Waals surface area (Å²) < 4.78 is 38.1. The molecular formula is C21H18Cl2N2O5S. The fourth-order valence-corrected chi connectivity index (χ4v) is 4.20. The van der Waals surface area contributed by atoms with Crippen molar-refractivity contribution in [2.24, 2.45) is 0 Å². The first kappa shape index (κ1) is 22.7. The molecule has 2 N–H and O–H groups in total. The van der Waals surface area contributed by atoms with Crippen molar-refractivity contribution < 1.29 is 22.7 Å². The highest BCUT2D eigenvalue weighted by Crippen LogP contribution is 2.29. The van der Waals surface area contributed by atoms with Crippen molar-refractivity contribution in [3.8, 4) is 11.5 Å². The monoisotopic (exact) mass is 480 g/mol. The minimum absolute atomic E-state index is 0.0107. The van der Waals surface area contributed by atoms with Gasteiger partial charge >= 0.3 is 0 Å². The Bertz CT molecular complexity index is 1210. The number of rotatable bonds is 7. The van der Waals surface area contributed by atoms with Gasteiger partial charge in [-0.1, -0.05) is 23.2 Å². The molecule has 0 radical (unpaired) electrons. The van der Waals surface area contributed by atoms with Gasteiger partial charge in [0.15, 0.2) is 0 Å². The average molecular weight is 481 g/mol. The summed E-state index contributed by atoms with van der Waals surface area (Å²) in [4.78, 5) is 12.9. The summed E-state index contributed by atoms with van der Waals surface area (Å²) >= 11 is 12.1. The molecule has 0 unspecified atom stereocenters. The molecule has 0 aromatic heterocycles. The third kappa shape index (κ3) is 5.41. The number of sulfonamides is 1. The first-order valence-electron chi connectivity index (χ1n) is 8.85. The van der Waals surface area contributed by atoms with Crippen molar-refractivity contribution in [3.05, 3.63) is 76.3 Å². The number of methoxy groups -OCH3 is 2. The Hall–Kier alpha value is -2.94. The molecule has 0 aliphatic heterocycles.